The average Bonchev–Trinajstić information content (AvgIpc) is 1.62. The monoisotopic (exact) mass is 1320 g/mol. The fourth-order valence-electron chi connectivity index (χ4n) is 9.61. The summed E-state index contributed by atoms with van der Waals surface area (Å²) in [6.07, 6.45) is 5.41. The van der Waals surface area contributed by atoms with Crippen LogP contribution in [0.2, 0.25) is 0 Å². The number of nitrogens with zero attached hydrogens (tertiary/aromatic N) is 3. The number of fused-ring (bicyclic) bond motifs is 2. The first-order valence-corrected chi connectivity index (χ1v) is 34.0. The number of allylic oxidation sites excluding steroid dienone is 3. The van der Waals surface area contributed by atoms with Crippen LogP contribution in [-0.2, 0) is 108 Å². The van der Waals surface area contributed by atoms with Gasteiger partial charge in [-0.3, -0.25) is 18.7 Å². The number of imide groups is 1. The van der Waals surface area contributed by atoms with E-state index in [4.69, 9.17) is 56.6 Å². The minimum absolute atomic E-state index is 0.00940. The van der Waals surface area contributed by atoms with Crippen LogP contribution in [0.3, 0.4) is 0 Å². The highest BCUT2D eigenvalue weighted by Gasteiger charge is 2.44. The molecule has 0 aromatic heterocycles. The number of rotatable bonds is 45. The number of hydrogen-bond donors (Lipinski definition) is 2. The second-order valence-corrected chi connectivity index (χ2v) is 26.4. The first-order chi connectivity index (χ1) is 42.3. The summed E-state index contributed by atoms with van der Waals surface area (Å²) in [6.45, 7) is 14.6. The number of ether oxygens (including phenoxy) is 10. The van der Waals surface area contributed by atoms with Gasteiger partial charge < -0.3 is 66.1 Å². The normalized spacial score (nSPS) is 16.7. The molecule has 0 radical (unpaired) electrons. The molecule has 1 unspecified atom stereocenters. The standard InChI is InChI=1S/C59H87N3O24S3/c1-58(2,3)50-44-47(85-53-43-46(11-13-49(50)53)60(19-8-42-88(69,70)71)20-23-77-28-31-81-36-39-83-34-33-79-26-25-75-5)9-6-10-54-59(4,18-7-41-87(66,67)68)51-45-48(89(72,73)74)12-14-52(51)61(54)21-24-78-29-32-82-37-40-84-38-35-80-30-27-76-22-17-57(65)86-62-55(63)15-16-56(62)64/h6,9-14,43-45H,7-8,15-42H2,1-5H3,(H2-,66,67,68,69,70,71,72,73,74). The van der Waals surface area contributed by atoms with Gasteiger partial charge in [0.15, 0.2) is 6.54 Å². The molecule has 1 fully saturated rings. The van der Waals surface area contributed by atoms with Crippen molar-refractivity contribution in [1.29, 1.82) is 0 Å². The Labute approximate surface area is 521 Å². The molecule has 5 rings (SSSR count). The Morgan fingerprint density at radius 2 is 1.19 bits per heavy atom. The molecule has 27 nitrogen and oxygen atoms in total. The van der Waals surface area contributed by atoms with Gasteiger partial charge in [0.05, 0.1) is 148 Å². The Kier molecular flexibility index (Phi) is 31.3. The third-order valence-electron chi connectivity index (χ3n) is 14.0. The molecule has 0 spiro atoms. The van der Waals surface area contributed by atoms with Crippen LogP contribution in [-0.4, -0.2) is 226 Å². The Morgan fingerprint density at radius 3 is 1.72 bits per heavy atom. The largest absolute Gasteiger partial charge is 0.744 e. The van der Waals surface area contributed by atoms with Gasteiger partial charge >= 0.3 is 5.97 Å². The summed E-state index contributed by atoms with van der Waals surface area (Å²) in [7, 11) is -11.9. The lowest BCUT2D eigenvalue weighted by Crippen LogP contribution is -2.35. The van der Waals surface area contributed by atoms with Crippen molar-refractivity contribution in [3.63, 3.8) is 0 Å². The molecule has 500 valence electrons. The number of methoxy groups -OCH3 is 1. The van der Waals surface area contributed by atoms with Crippen LogP contribution in [0.25, 0.3) is 17.4 Å². The number of hydrogen-bond acceptors (Lipinski definition) is 23. The molecule has 0 saturated carbocycles. The van der Waals surface area contributed by atoms with Crippen LogP contribution in [0.4, 0.5) is 5.69 Å². The maximum absolute atomic E-state index is 12.4. The first kappa shape index (κ1) is 74.6. The number of benzene rings is 2. The highest BCUT2D eigenvalue weighted by atomic mass is 32.2. The van der Waals surface area contributed by atoms with Crippen LogP contribution >= 0.6 is 0 Å². The average molecular weight is 1320 g/mol. The van der Waals surface area contributed by atoms with Gasteiger partial charge in [-0.25, -0.2) is 17.8 Å². The summed E-state index contributed by atoms with van der Waals surface area (Å²) in [5, 5.41) is 1.20. The molecule has 1 aromatic carbocycles. The molecule has 2 amide bonds. The number of carbonyl (C=O) groups is 3. The van der Waals surface area contributed by atoms with Crippen molar-refractivity contribution in [2.45, 2.75) is 81.9 Å². The van der Waals surface area contributed by atoms with Gasteiger partial charge in [-0.05, 0) is 78.8 Å². The zero-order valence-corrected chi connectivity index (χ0v) is 53.9. The summed E-state index contributed by atoms with van der Waals surface area (Å²) >= 11 is 0. The van der Waals surface area contributed by atoms with Crippen molar-refractivity contribution < 1.29 is 110 Å². The van der Waals surface area contributed by atoms with Crippen LogP contribution in [0, 0.1) is 0 Å². The van der Waals surface area contributed by atoms with E-state index in [9.17, 15) is 53.3 Å². The van der Waals surface area contributed by atoms with Gasteiger partial charge in [0.2, 0.25) is 5.36 Å². The van der Waals surface area contributed by atoms with E-state index < -0.39 is 70.0 Å². The van der Waals surface area contributed by atoms with E-state index in [1.54, 1.807) is 25.3 Å². The zero-order chi connectivity index (χ0) is 64.9. The van der Waals surface area contributed by atoms with Gasteiger partial charge in [0.1, 0.15) is 34.8 Å². The molecular formula is C59H87N3O24S3. The third-order valence-corrected chi connectivity index (χ3v) is 16.5. The molecule has 3 heterocycles. The molecule has 1 aliphatic carbocycles. The fourth-order valence-corrected chi connectivity index (χ4v) is 11.1. The number of anilines is 1. The Bertz CT molecular complexity index is 3160. The molecule has 4 aliphatic rings. The topological polar surface area (TPSA) is 341 Å². The number of carbonyl (C=O) groups excluding carboxylic acids is 3. The van der Waals surface area contributed by atoms with E-state index in [1.165, 1.54) is 18.2 Å². The van der Waals surface area contributed by atoms with Crippen molar-refractivity contribution in [1.82, 2.24) is 9.64 Å². The maximum Gasteiger partial charge on any atom is 0.335 e. The maximum atomic E-state index is 12.4. The highest BCUT2D eigenvalue weighted by molar-refractivity contribution is 7.86. The lowest BCUT2D eigenvalue weighted by Gasteiger charge is -2.30. The van der Waals surface area contributed by atoms with Crippen LogP contribution < -0.4 is 14.8 Å². The van der Waals surface area contributed by atoms with Crippen LogP contribution in [0.15, 0.2) is 69.6 Å². The number of hydroxylamine groups is 2. The SMILES string of the molecule is COCCOCCOCCOCCOCC[N+](CCCS(=O)(=O)O)=c1ccc2c(C(C)(C)C)cc(/C=C/C=C3/N(CCOCCOCCOCCOCCOCCC(=O)ON4C(=O)CCC4=O)c4ccc(S(=O)(=O)[O-])cc4C3(C)CCCS(=O)(=O)O)oc-2c1. The summed E-state index contributed by atoms with van der Waals surface area (Å²) in [6, 6.07) is 11.7. The van der Waals surface area contributed by atoms with E-state index in [0.29, 0.717) is 98.3 Å². The van der Waals surface area contributed by atoms with Crippen molar-refractivity contribution in [3.8, 4) is 11.3 Å². The van der Waals surface area contributed by atoms with E-state index >= 15 is 0 Å². The second-order valence-electron chi connectivity index (χ2n) is 21.8. The summed E-state index contributed by atoms with van der Waals surface area (Å²) in [5.41, 5.74) is 1.92. The highest BCUT2D eigenvalue weighted by Crippen LogP contribution is 2.51. The molecule has 1 saturated heterocycles. The minimum Gasteiger partial charge on any atom is -0.744 e. The first-order valence-electron chi connectivity index (χ1n) is 29.4. The molecule has 89 heavy (non-hydrogen) atoms. The van der Waals surface area contributed by atoms with E-state index in [0.717, 1.165) is 11.1 Å². The number of amides is 2. The molecule has 3 aliphatic heterocycles. The molecule has 1 atom stereocenters. The van der Waals surface area contributed by atoms with E-state index in [1.807, 2.05) is 40.7 Å². The van der Waals surface area contributed by atoms with Gasteiger partial charge in [-0.1, -0.05) is 26.8 Å². The third kappa shape index (κ3) is 26.6. The Balaban J connectivity index is 1.24. The van der Waals surface area contributed by atoms with E-state index in [-0.39, 0.29) is 130 Å². The van der Waals surface area contributed by atoms with Crippen molar-refractivity contribution in [3.05, 3.63) is 82.6 Å². The predicted octanol–water partition coefficient (Wildman–Crippen LogP) is 3.77. The quantitative estimate of drug-likeness (QED) is 0.0352. The molecule has 2 N–H and O–H groups in total. The van der Waals surface area contributed by atoms with Gasteiger partial charge in [-0.2, -0.15) is 16.8 Å². The Hall–Kier alpha value is -5.13. The van der Waals surface area contributed by atoms with Crippen molar-refractivity contribution in [2.24, 2.45) is 0 Å². The molecule has 30 heteroatoms. The molecule has 0 bridgehead atoms. The fraction of sp³-hybridized carbons (Fsp3) is 0.627. The van der Waals surface area contributed by atoms with Crippen LogP contribution in [0.1, 0.15) is 83.1 Å². The van der Waals surface area contributed by atoms with Crippen molar-refractivity contribution >= 4 is 59.9 Å². The molecular weight excluding hydrogens is 1230 g/mol. The van der Waals surface area contributed by atoms with E-state index in [2.05, 4.69) is 20.8 Å². The van der Waals surface area contributed by atoms with Crippen molar-refractivity contribution in [2.75, 3.05) is 169 Å². The van der Waals surface area contributed by atoms with Gasteiger partial charge in [-0.15, -0.1) is 5.06 Å². The summed E-state index contributed by atoms with van der Waals surface area (Å²) in [5.74, 6) is -1.91. The summed E-state index contributed by atoms with van der Waals surface area (Å²) < 4.78 is 168. The zero-order valence-electron chi connectivity index (χ0n) is 51.4. The lowest BCUT2D eigenvalue weighted by atomic mass is 9.77. The Morgan fingerprint density at radius 1 is 0.674 bits per heavy atom. The summed E-state index contributed by atoms with van der Waals surface area (Å²) in [4.78, 5) is 41.3. The predicted molar refractivity (Wildman–Crippen MR) is 323 cm³/mol. The van der Waals surface area contributed by atoms with Crippen LogP contribution in [0.5, 0.6) is 0 Å². The van der Waals surface area contributed by atoms with Gasteiger partial charge in [0, 0.05) is 61.3 Å². The smallest absolute Gasteiger partial charge is 0.335 e. The van der Waals surface area contributed by atoms with Gasteiger partial charge in [0.25, 0.3) is 32.1 Å². The second kappa shape index (κ2) is 37.4. The minimum atomic E-state index is -4.92. The lowest BCUT2D eigenvalue weighted by molar-refractivity contribution is -0.198. The molecule has 1 aromatic rings.